The number of fused-ring (bicyclic) bond motifs is 1. The number of rotatable bonds is 1. The van der Waals surface area contributed by atoms with Gasteiger partial charge in [-0.1, -0.05) is 18.2 Å². The van der Waals surface area contributed by atoms with Crippen molar-refractivity contribution in [2.75, 3.05) is 5.73 Å². The third kappa shape index (κ3) is 1.35. The highest BCUT2D eigenvalue weighted by Crippen LogP contribution is 2.33. The number of hydrogen-bond acceptors (Lipinski definition) is 2. The van der Waals surface area contributed by atoms with Crippen LogP contribution in [-0.2, 0) is 7.05 Å². The smallest absolute Gasteiger partial charge is 0.200 e. The van der Waals surface area contributed by atoms with Crippen LogP contribution in [0.2, 0.25) is 0 Å². The van der Waals surface area contributed by atoms with Crippen LogP contribution in [0, 0.1) is 13.8 Å². The lowest BCUT2D eigenvalue weighted by Gasteiger charge is -2.00. The lowest BCUT2D eigenvalue weighted by molar-refractivity contribution is 0.889. The van der Waals surface area contributed by atoms with Crippen LogP contribution >= 0.6 is 0 Å². The number of nitrogens with two attached hydrogens (primary N) is 1. The highest BCUT2D eigenvalue weighted by atomic mass is 15.1. The highest BCUT2D eigenvalue weighted by molar-refractivity contribution is 5.97. The molecule has 0 radical (unpaired) electrons. The molecule has 3 N–H and O–H groups in total. The molecule has 0 fully saturated rings. The monoisotopic (exact) mass is 240 g/mol. The predicted molar refractivity (Wildman–Crippen MR) is 74.4 cm³/mol. The van der Waals surface area contributed by atoms with Crippen molar-refractivity contribution in [1.29, 1.82) is 0 Å². The Morgan fingerprint density at radius 2 is 1.94 bits per heavy atom. The number of imidazole rings is 1. The van der Waals surface area contributed by atoms with Gasteiger partial charge in [-0.05, 0) is 19.9 Å². The number of para-hydroxylation sites is 1. The summed E-state index contributed by atoms with van der Waals surface area (Å²) in [4.78, 5) is 7.88. The molecule has 18 heavy (non-hydrogen) atoms. The summed E-state index contributed by atoms with van der Waals surface area (Å²) in [6, 6.07) is 8.26. The molecule has 92 valence electrons. The van der Waals surface area contributed by atoms with Crippen LogP contribution in [0.5, 0.6) is 0 Å². The average Bonchev–Trinajstić information content (AvgIpc) is 2.80. The molecule has 3 rings (SSSR count). The first-order valence-corrected chi connectivity index (χ1v) is 5.96. The first kappa shape index (κ1) is 10.9. The van der Waals surface area contributed by atoms with Gasteiger partial charge >= 0.3 is 0 Å². The highest BCUT2D eigenvalue weighted by Gasteiger charge is 2.17. The molecule has 0 aliphatic carbocycles. The Kier molecular flexibility index (Phi) is 2.20. The molecular formula is C14H16N4. The van der Waals surface area contributed by atoms with Crippen LogP contribution in [0.1, 0.15) is 11.4 Å². The van der Waals surface area contributed by atoms with Gasteiger partial charge in [0.15, 0.2) is 0 Å². The Bertz CT molecular complexity index is 734. The normalized spacial score (nSPS) is 11.3. The molecule has 0 saturated carbocycles. The quantitative estimate of drug-likeness (QED) is 0.687. The number of aromatic nitrogens is 3. The molecule has 0 bridgehead atoms. The molecular weight excluding hydrogens is 224 g/mol. The summed E-state index contributed by atoms with van der Waals surface area (Å²) >= 11 is 0. The van der Waals surface area contributed by atoms with Gasteiger partial charge in [-0.2, -0.15) is 0 Å². The molecule has 2 heterocycles. The number of benzene rings is 1. The van der Waals surface area contributed by atoms with E-state index in [2.05, 4.69) is 29.0 Å². The van der Waals surface area contributed by atoms with Crippen molar-refractivity contribution in [2.24, 2.45) is 7.05 Å². The maximum Gasteiger partial charge on any atom is 0.200 e. The van der Waals surface area contributed by atoms with E-state index in [1.165, 1.54) is 5.39 Å². The number of nitrogen functional groups attached to an aromatic ring is 1. The summed E-state index contributed by atoms with van der Waals surface area (Å²) in [5, 5.41) is 1.19. The Balaban J connectivity index is 2.37. The van der Waals surface area contributed by atoms with Crippen molar-refractivity contribution in [2.45, 2.75) is 13.8 Å². The van der Waals surface area contributed by atoms with E-state index in [4.69, 9.17) is 5.73 Å². The SMILES string of the molecule is Cc1[nH]c2ccccc2c1-c1nc(N)n(C)c1C. The van der Waals surface area contributed by atoms with E-state index in [1.807, 2.05) is 30.7 Å². The van der Waals surface area contributed by atoms with Crippen molar-refractivity contribution in [3.05, 3.63) is 35.7 Å². The fourth-order valence-electron chi connectivity index (χ4n) is 2.42. The number of hydrogen-bond donors (Lipinski definition) is 2. The number of aryl methyl sites for hydroxylation is 1. The van der Waals surface area contributed by atoms with Gasteiger partial charge in [0, 0.05) is 34.9 Å². The third-order valence-corrected chi connectivity index (χ3v) is 3.55. The Morgan fingerprint density at radius 3 is 2.61 bits per heavy atom. The van der Waals surface area contributed by atoms with E-state index in [0.29, 0.717) is 5.95 Å². The molecule has 1 aromatic carbocycles. The Hall–Kier alpha value is -2.23. The van der Waals surface area contributed by atoms with Crippen LogP contribution in [0.3, 0.4) is 0 Å². The minimum atomic E-state index is 0.548. The third-order valence-electron chi connectivity index (χ3n) is 3.55. The van der Waals surface area contributed by atoms with E-state index >= 15 is 0 Å². The molecule has 4 nitrogen and oxygen atoms in total. The van der Waals surface area contributed by atoms with E-state index in [-0.39, 0.29) is 0 Å². The minimum Gasteiger partial charge on any atom is -0.369 e. The van der Waals surface area contributed by atoms with Gasteiger partial charge in [0.2, 0.25) is 5.95 Å². The second-order valence-electron chi connectivity index (χ2n) is 4.63. The van der Waals surface area contributed by atoms with E-state index < -0.39 is 0 Å². The number of H-pyrrole nitrogens is 1. The average molecular weight is 240 g/mol. The molecule has 0 atom stereocenters. The largest absolute Gasteiger partial charge is 0.369 e. The van der Waals surface area contributed by atoms with E-state index in [0.717, 1.165) is 28.2 Å². The van der Waals surface area contributed by atoms with E-state index in [1.54, 1.807) is 0 Å². The minimum absolute atomic E-state index is 0.548. The summed E-state index contributed by atoms with van der Waals surface area (Å²) in [6.45, 7) is 4.11. The van der Waals surface area contributed by atoms with Crippen LogP contribution in [0.15, 0.2) is 24.3 Å². The molecule has 4 heteroatoms. The summed E-state index contributed by atoms with van der Waals surface area (Å²) in [5.41, 5.74) is 11.3. The number of aromatic amines is 1. The summed E-state index contributed by atoms with van der Waals surface area (Å²) < 4.78 is 1.91. The first-order valence-electron chi connectivity index (χ1n) is 5.96. The topological polar surface area (TPSA) is 59.6 Å². The molecule has 0 spiro atoms. The van der Waals surface area contributed by atoms with Gasteiger partial charge in [-0.3, -0.25) is 0 Å². The maximum atomic E-state index is 5.88. The molecule has 0 saturated heterocycles. The molecule has 3 aromatic rings. The van der Waals surface area contributed by atoms with Gasteiger partial charge in [0.05, 0.1) is 5.69 Å². The second kappa shape index (κ2) is 3.63. The van der Waals surface area contributed by atoms with Crippen molar-refractivity contribution >= 4 is 16.9 Å². The predicted octanol–water partition coefficient (Wildman–Crippen LogP) is 2.77. The lowest BCUT2D eigenvalue weighted by atomic mass is 10.1. The summed E-state index contributed by atoms with van der Waals surface area (Å²) in [6.07, 6.45) is 0. The Labute approximate surface area is 105 Å². The van der Waals surface area contributed by atoms with Crippen LogP contribution in [-0.4, -0.2) is 14.5 Å². The second-order valence-corrected chi connectivity index (χ2v) is 4.63. The van der Waals surface area contributed by atoms with Crippen molar-refractivity contribution in [1.82, 2.24) is 14.5 Å². The fourth-order valence-corrected chi connectivity index (χ4v) is 2.42. The molecule has 2 aromatic heterocycles. The van der Waals surface area contributed by atoms with E-state index in [9.17, 15) is 0 Å². The summed E-state index contributed by atoms with van der Waals surface area (Å²) in [7, 11) is 1.94. The van der Waals surface area contributed by atoms with Crippen molar-refractivity contribution in [3.63, 3.8) is 0 Å². The molecule has 0 aliphatic rings. The number of nitrogens with zero attached hydrogens (tertiary/aromatic N) is 2. The maximum absolute atomic E-state index is 5.88. The van der Waals surface area contributed by atoms with Crippen LogP contribution in [0.4, 0.5) is 5.95 Å². The van der Waals surface area contributed by atoms with Gasteiger partial charge in [0.25, 0.3) is 0 Å². The molecule has 0 unspecified atom stereocenters. The van der Waals surface area contributed by atoms with Gasteiger partial charge in [-0.25, -0.2) is 4.98 Å². The zero-order valence-corrected chi connectivity index (χ0v) is 10.8. The Morgan fingerprint density at radius 1 is 1.22 bits per heavy atom. The number of nitrogens with one attached hydrogen (secondary N) is 1. The lowest BCUT2D eigenvalue weighted by Crippen LogP contribution is -1.97. The summed E-state index contributed by atoms with van der Waals surface area (Å²) in [5.74, 6) is 0.548. The van der Waals surface area contributed by atoms with Crippen LogP contribution in [0.25, 0.3) is 22.2 Å². The molecule has 0 aliphatic heterocycles. The van der Waals surface area contributed by atoms with Crippen molar-refractivity contribution in [3.8, 4) is 11.3 Å². The number of anilines is 1. The van der Waals surface area contributed by atoms with Gasteiger partial charge < -0.3 is 15.3 Å². The fraction of sp³-hybridized carbons (Fsp3) is 0.214. The standard InChI is InChI=1S/C14H16N4/c1-8-12(10-6-4-5-7-11(10)16-8)13-9(2)18(3)14(15)17-13/h4-7,16H,1-3H3,(H2,15,17). The zero-order chi connectivity index (χ0) is 12.9. The van der Waals surface area contributed by atoms with Gasteiger partial charge in [-0.15, -0.1) is 0 Å². The van der Waals surface area contributed by atoms with Crippen LogP contribution < -0.4 is 5.73 Å². The van der Waals surface area contributed by atoms with Gasteiger partial charge in [0.1, 0.15) is 0 Å². The first-order chi connectivity index (χ1) is 8.59. The molecule has 0 amide bonds. The van der Waals surface area contributed by atoms with Crippen molar-refractivity contribution < 1.29 is 0 Å². The zero-order valence-electron chi connectivity index (χ0n) is 10.8.